The molecule has 0 radical (unpaired) electrons. The van der Waals surface area contributed by atoms with E-state index in [1.807, 2.05) is 24.3 Å². The molecule has 0 unspecified atom stereocenters. The molecule has 8 heteroatoms. The van der Waals surface area contributed by atoms with Crippen LogP contribution < -0.4 is 4.72 Å². The van der Waals surface area contributed by atoms with E-state index in [9.17, 15) is 12.8 Å². The number of nitrogens with one attached hydrogen (secondary N) is 2. The Balaban J connectivity index is 1.86. The molecule has 0 amide bonds. The van der Waals surface area contributed by atoms with Gasteiger partial charge in [-0.2, -0.15) is 5.26 Å². The summed E-state index contributed by atoms with van der Waals surface area (Å²) >= 11 is 0. The lowest BCUT2D eigenvalue weighted by molar-refractivity contribution is 0.185. The second-order valence-electron chi connectivity index (χ2n) is 6.19. The largest absolute Gasteiger partial charge is 0.380 e. The van der Waals surface area contributed by atoms with Crippen molar-refractivity contribution in [1.29, 1.82) is 5.26 Å². The molecule has 0 aliphatic heterocycles. The highest BCUT2D eigenvalue weighted by Crippen LogP contribution is 2.24. The number of nitriles is 1. The van der Waals surface area contributed by atoms with Crippen LogP contribution in [0.25, 0.3) is 0 Å². The summed E-state index contributed by atoms with van der Waals surface area (Å²) in [5.74, 6) is -0.813. The first-order valence-electron chi connectivity index (χ1n) is 8.38. The van der Waals surface area contributed by atoms with Crippen LogP contribution in [0.2, 0.25) is 0 Å². The van der Waals surface area contributed by atoms with E-state index >= 15 is 0 Å². The van der Waals surface area contributed by atoms with Crippen molar-refractivity contribution in [3.8, 4) is 6.07 Å². The second kappa shape index (κ2) is 8.25. The van der Waals surface area contributed by atoms with Gasteiger partial charge < -0.3 is 9.72 Å². The first-order chi connectivity index (χ1) is 13.4. The molecule has 0 atom stereocenters. The lowest BCUT2D eigenvalue weighted by atomic mass is 10.1. The first-order valence-corrected chi connectivity index (χ1v) is 9.86. The zero-order chi connectivity index (χ0) is 20.1. The molecule has 1 aromatic heterocycles. The van der Waals surface area contributed by atoms with Gasteiger partial charge in [0, 0.05) is 25.9 Å². The maximum absolute atomic E-state index is 14.1. The van der Waals surface area contributed by atoms with E-state index in [-0.39, 0.29) is 16.1 Å². The molecule has 0 saturated heterocycles. The fourth-order valence-corrected chi connectivity index (χ4v) is 4.12. The van der Waals surface area contributed by atoms with Crippen LogP contribution >= 0.6 is 0 Å². The average molecular weight is 399 g/mol. The Kier molecular flexibility index (Phi) is 5.78. The van der Waals surface area contributed by atoms with E-state index in [1.54, 1.807) is 19.4 Å². The van der Waals surface area contributed by atoms with E-state index in [2.05, 4.69) is 9.71 Å². The summed E-state index contributed by atoms with van der Waals surface area (Å²) in [5.41, 5.74) is 2.36. The number of sulfonamides is 1. The molecule has 1 heterocycles. The van der Waals surface area contributed by atoms with E-state index in [0.29, 0.717) is 18.6 Å². The molecule has 6 nitrogen and oxygen atoms in total. The number of anilines is 1. The number of rotatable bonds is 7. The maximum atomic E-state index is 14.1. The highest BCUT2D eigenvalue weighted by atomic mass is 32.2. The van der Waals surface area contributed by atoms with Gasteiger partial charge in [0.1, 0.15) is 10.7 Å². The van der Waals surface area contributed by atoms with Gasteiger partial charge in [0.25, 0.3) is 10.0 Å². The van der Waals surface area contributed by atoms with Crippen molar-refractivity contribution in [1.82, 2.24) is 4.98 Å². The predicted molar refractivity (Wildman–Crippen MR) is 103 cm³/mol. The van der Waals surface area contributed by atoms with Gasteiger partial charge in [0.2, 0.25) is 0 Å². The minimum atomic E-state index is -4.01. The minimum absolute atomic E-state index is 0.0356. The molecule has 0 aliphatic rings. The summed E-state index contributed by atoms with van der Waals surface area (Å²) in [4.78, 5) is 2.84. The van der Waals surface area contributed by atoms with Crippen molar-refractivity contribution >= 4 is 15.7 Å². The first kappa shape index (κ1) is 19.6. The molecule has 2 N–H and O–H groups in total. The number of ether oxygens (including phenoxy) is 1. The number of aromatic amines is 1. The smallest absolute Gasteiger partial charge is 0.263 e. The van der Waals surface area contributed by atoms with Crippen LogP contribution in [0.3, 0.4) is 0 Å². The molecule has 0 bridgehead atoms. The van der Waals surface area contributed by atoms with Crippen LogP contribution in [0.5, 0.6) is 0 Å². The van der Waals surface area contributed by atoms with Gasteiger partial charge >= 0.3 is 0 Å². The van der Waals surface area contributed by atoms with Gasteiger partial charge in [-0.25, -0.2) is 12.8 Å². The highest BCUT2D eigenvalue weighted by molar-refractivity contribution is 7.92. The zero-order valence-corrected chi connectivity index (χ0v) is 15.9. The van der Waals surface area contributed by atoms with Crippen molar-refractivity contribution in [2.24, 2.45) is 0 Å². The van der Waals surface area contributed by atoms with E-state index < -0.39 is 15.8 Å². The molecule has 3 aromatic rings. The third kappa shape index (κ3) is 4.39. The van der Waals surface area contributed by atoms with Crippen molar-refractivity contribution in [3.63, 3.8) is 0 Å². The Morgan fingerprint density at radius 3 is 2.68 bits per heavy atom. The van der Waals surface area contributed by atoms with Gasteiger partial charge in [0.15, 0.2) is 0 Å². The zero-order valence-electron chi connectivity index (χ0n) is 15.1. The Labute approximate surface area is 162 Å². The Morgan fingerprint density at radius 2 is 1.96 bits per heavy atom. The van der Waals surface area contributed by atoms with Gasteiger partial charge in [0.05, 0.1) is 23.9 Å². The Hall–Kier alpha value is -3.15. The van der Waals surface area contributed by atoms with Crippen molar-refractivity contribution in [2.75, 3.05) is 11.8 Å². The fraction of sp³-hybridized carbons (Fsp3) is 0.150. The van der Waals surface area contributed by atoms with E-state index in [0.717, 1.165) is 17.2 Å². The number of halogens is 1. The second-order valence-corrected chi connectivity index (χ2v) is 7.84. The molecular formula is C20H18FN3O3S. The van der Waals surface area contributed by atoms with Crippen LogP contribution in [0, 0.1) is 17.1 Å². The quantitative estimate of drug-likeness (QED) is 0.635. The predicted octanol–water partition coefficient (Wildman–Crippen LogP) is 3.56. The summed E-state index contributed by atoms with van der Waals surface area (Å²) in [5, 5.41) is 8.80. The maximum Gasteiger partial charge on any atom is 0.263 e. The molecule has 3 rings (SSSR count). The van der Waals surface area contributed by atoms with E-state index in [4.69, 9.17) is 10.00 Å². The topological polar surface area (TPSA) is 95.0 Å². The monoisotopic (exact) mass is 399 g/mol. The summed E-state index contributed by atoms with van der Waals surface area (Å²) in [6, 6.07) is 13.0. The summed E-state index contributed by atoms with van der Waals surface area (Å²) in [6.07, 6.45) is 3.35. The van der Waals surface area contributed by atoms with Crippen molar-refractivity contribution < 1.29 is 17.5 Å². The standard InChI is InChI=1S/C20H18FN3O3S/c1-27-13-16-4-2-3-14(7-16)8-17-11-23-12-20(17)28(25,26)24-19-6-5-15(10-22)9-18(19)21/h2-7,9,11-12,23-24H,8,13H2,1H3. The number of methoxy groups -OCH3 is 1. The van der Waals surface area contributed by atoms with Gasteiger partial charge in [-0.05, 0) is 34.9 Å². The average Bonchev–Trinajstić information content (AvgIpc) is 3.13. The summed E-state index contributed by atoms with van der Waals surface area (Å²) < 4.78 is 47.0. The number of H-pyrrole nitrogens is 1. The van der Waals surface area contributed by atoms with Gasteiger partial charge in [-0.15, -0.1) is 0 Å². The van der Waals surface area contributed by atoms with Crippen LogP contribution in [0.4, 0.5) is 10.1 Å². The molecule has 28 heavy (non-hydrogen) atoms. The van der Waals surface area contributed by atoms with Crippen LogP contribution in [-0.2, 0) is 27.8 Å². The number of hydrogen-bond donors (Lipinski definition) is 2. The van der Waals surface area contributed by atoms with Crippen LogP contribution in [0.15, 0.2) is 59.8 Å². The SMILES string of the molecule is COCc1cccc(Cc2c[nH]cc2S(=O)(=O)Nc2ccc(C#N)cc2F)c1. The fourth-order valence-electron chi connectivity index (χ4n) is 2.85. The number of aromatic nitrogens is 1. The number of nitrogens with zero attached hydrogens (tertiary/aromatic N) is 1. The number of hydrogen-bond acceptors (Lipinski definition) is 4. The lowest BCUT2D eigenvalue weighted by Gasteiger charge is -2.10. The molecule has 0 spiro atoms. The summed E-state index contributed by atoms with van der Waals surface area (Å²) in [6.45, 7) is 0.464. The molecule has 144 valence electrons. The Bertz CT molecular complexity index is 1130. The molecule has 0 aliphatic carbocycles. The van der Waals surface area contributed by atoms with Crippen LogP contribution in [0.1, 0.15) is 22.3 Å². The third-order valence-electron chi connectivity index (χ3n) is 4.12. The van der Waals surface area contributed by atoms with Gasteiger partial charge in [-0.3, -0.25) is 4.72 Å². The minimum Gasteiger partial charge on any atom is -0.380 e. The normalized spacial score (nSPS) is 11.2. The molecular weight excluding hydrogens is 381 g/mol. The van der Waals surface area contributed by atoms with Gasteiger partial charge in [-0.1, -0.05) is 24.3 Å². The molecule has 0 saturated carbocycles. The molecule has 0 fully saturated rings. The third-order valence-corrected chi connectivity index (χ3v) is 5.57. The summed E-state index contributed by atoms with van der Waals surface area (Å²) in [7, 11) is -2.40. The number of benzene rings is 2. The van der Waals surface area contributed by atoms with Crippen molar-refractivity contribution in [2.45, 2.75) is 17.9 Å². The van der Waals surface area contributed by atoms with Crippen molar-refractivity contribution in [3.05, 3.63) is 82.9 Å². The molecule has 2 aromatic carbocycles. The van der Waals surface area contributed by atoms with Crippen LogP contribution in [-0.4, -0.2) is 20.5 Å². The Morgan fingerprint density at radius 1 is 1.18 bits per heavy atom. The van der Waals surface area contributed by atoms with E-state index in [1.165, 1.54) is 18.3 Å². The lowest BCUT2D eigenvalue weighted by Crippen LogP contribution is -2.15. The highest BCUT2D eigenvalue weighted by Gasteiger charge is 2.21.